The van der Waals surface area contributed by atoms with Crippen LogP contribution in [0.2, 0.25) is 10.2 Å². The van der Waals surface area contributed by atoms with Crippen LogP contribution in [0.1, 0.15) is 16.7 Å². The molecule has 0 radical (unpaired) electrons. The van der Waals surface area contributed by atoms with E-state index in [0.29, 0.717) is 11.2 Å². The van der Waals surface area contributed by atoms with Gasteiger partial charge in [-0.3, -0.25) is 0 Å². The van der Waals surface area contributed by atoms with Gasteiger partial charge in [0, 0.05) is 17.3 Å². The highest BCUT2D eigenvalue weighted by Crippen LogP contribution is 2.29. The number of pyridine rings is 1. The molecule has 2 aromatic rings. The van der Waals surface area contributed by atoms with Crippen molar-refractivity contribution in [3.8, 4) is 0 Å². The number of hydrogen-bond donors (Lipinski definition) is 1. The summed E-state index contributed by atoms with van der Waals surface area (Å²) in [5, 5.41) is 4.81. The summed E-state index contributed by atoms with van der Waals surface area (Å²) in [4.78, 5) is 4.17. The van der Waals surface area contributed by atoms with Crippen molar-refractivity contribution in [2.45, 2.75) is 25.8 Å². The maximum absolute atomic E-state index is 6.12. The zero-order valence-corrected chi connectivity index (χ0v) is 12.1. The van der Waals surface area contributed by atoms with Gasteiger partial charge in [0.15, 0.2) is 5.15 Å². The summed E-state index contributed by atoms with van der Waals surface area (Å²) in [6.45, 7) is 2.01. The summed E-state index contributed by atoms with van der Waals surface area (Å²) in [5.74, 6) is 0. The first-order valence-electron chi connectivity index (χ1n) is 6.28. The summed E-state index contributed by atoms with van der Waals surface area (Å²) < 4.78 is 0. The van der Waals surface area contributed by atoms with Crippen molar-refractivity contribution in [1.29, 1.82) is 0 Å². The number of nitrogens with one attached hydrogen (secondary N) is 1. The second kappa shape index (κ2) is 5.03. The highest BCUT2D eigenvalue weighted by molar-refractivity contribution is 6.32. The second-order valence-electron chi connectivity index (χ2n) is 5.01. The van der Waals surface area contributed by atoms with Crippen LogP contribution in [0.5, 0.6) is 0 Å². The van der Waals surface area contributed by atoms with Crippen LogP contribution in [0.3, 0.4) is 0 Å². The summed E-state index contributed by atoms with van der Waals surface area (Å²) in [5.41, 5.74) is 4.69. The van der Waals surface area contributed by atoms with Crippen molar-refractivity contribution in [3.05, 3.63) is 57.3 Å². The summed E-state index contributed by atoms with van der Waals surface area (Å²) >= 11 is 12.1. The van der Waals surface area contributed by atoms with Crippen LogP contribution < -0.4 is 5.32 Å². The average molecular weight is 293 g/mol. The molecule has 0 spiro atoms. The fourth-order valence-electron chi connectivity index (χ4n) is 2.56. The number of aryl methyl sites for hydroxylation is 1. The Labute approximate surface area is 122 Å². The molecular weight excluding hydrogens is 279 g/mol. The second-order valence-corrected chi connectivity index (χ2v) is 5.81. The highest BCUT2D eigenvalue weighted by atomic mass is 35.5. The topological polar surface area (TPSA) is 24.9 Å². The van der Waals surface area contributed by atoms with E-state index >= 15 is 0 Å². The minimum absolute atomic E-state index is 0.356. The quantitative estimate of drug-likeness (QED) is 0.836. The molecular formula is C15H14Cl2N2. The van der Waals surface area contributed by atoms with Gasteiger partial charge >= 0.3 is 0 Å². The smallest absolute Gasteiger partial charge is 0.152 e. The van der Waals surface area contributed by atoms with Gasteiger partial charge in [-0.2, -0.15) is 0 Å². The molecule has 1 aliphatic rings. The number of nitrogens with zero attached hydrogens (tertiary/aromatic N) is 1. The van der Waals surface area contributed by atoms with Gasteiger partial charge in [-0.05, 0) is 54.7 Å². The standard InChI is InChI=1S/C15H14Cl2N2/c1-9-4-14(15(17)18-8-9)19-13-6-10-2-3-12(16)5-11(10)7-13/h2-5,8,13,19H,6-7H2,1H3. The summed E-state index contributed by atoms with van der Waals surface area (Å²) in [6.07, 6.45) is 3.74. The van der Waals surface area contributed by atoms with Gasteiger partial charge in [-0.1, -0.05) is 29.3 Å². The predicted octanol–water partition coefficient (Wildman–Crippen LogP) is 4.28. The molecule has 4 heteroatoms. The van der Waals surface area contributed by atoms with Crippen LogP contribution in [0.25, 0.3) is 0 Å². The predicted molar refractivity (Wildman–Crippen MR) is 80.3 cm³/mol. The average Bonchev–Trinajstić information content (AvgIpc) is 2.75. The lowest BCUT2D eigenvalue weighted by molar-refractivity contribution is 0.773. The monoisotopic (exact) mass is 292 g/mol. The first-order valence-corrected chi connectivity index (χ1v) is 7.03. The summed E-state index contributed by atoms with van der Waals surface area (Å²) in [7, 11) is 0. The molecule has 0 saturated heterocycles. The molecule has 2 nitrogen and oxygen atoms in total. The molecule has 0 aliphatic heterocycles. The van der Waals surface area contributed by atoms with Crippen LogP contribution in [-0.2, 0) is 12.8 Å². The molecule has 0 amide bonds. The van der Waals surface area contributed by atoms with E-state index in [9.17, 15) is 0 Å². The molecule has 0 bridgehead atoms. The molecule has 3 rings (SSSR count). The van der Waals surface area contributed by atoms with E-state index < -0.39 is 0 Å². The number of hydrogen-bond acceptors (Lipinski definition) is 2. The van der Waals surface area contributed by atoms with Gasteiger partial charge in [-0.15, -0.1) is 0 Å². The maximum atomic E-state index is 6.12. The normalized spacial score (nSPS) is 17.3. The first-order chi connectivity index (χ1) is 9.11. The molecule has 1 heterocycles. The Balaban J connectivity index is 1.78. The van der Waals surface area contributed by atoms with Gasteiger partial charge in [0.25, 0.3) is 0 Å². The van der Waals surface area contributed by atoms with E-state index in [-0.39, 0.29) is 0 Å². The third-order valence-corrected chi connectivity index (χ3v) is 3.97. The Bertz CT molecular complexity index is 626. The largest absolute Gasteiger partial charge is 0.379 e. The number of halogens is 2. The maximum Gasteiger partial charge on any atom is 0.152 e. The number of anilines is 1. The lowest BCUT2D eigenvalue weighted by atomic mass is 10.1. The molecule has 1 atom stereocenters. The van der Waals surface area contributed by atoms with E-state index in [2.05, 4.69) is 22.4 Å². The Morgan fingerprint density at radius 2 is 1.95 bits per heavy atom. The zero-order chi connectivity index (χ0) is 13.4. The van der Waals surface area contributed by atoms with E-state index in [1.54, 1.807) is 6.20 Å². The Kier molecular flexibility index (Phi) is 3.38. The van der Waals surface area contributed by atoms with Crippen molar-refractivity contribution < 1.29 is 0 Å². The number of fused-ring (bicyclic) bond motifs is 1. The van der Waals surface area contributed by atoms with Gasteiger partial charge in [-0.25, -0.2) is 4.98 Å². The number of aromatic nitrogens is 1. The fraction of sp³-hybridized carbons (Fsp3) is 0.267. The molecule has 0 fully saturated rings. The lowest BCUT2D eigenvalue weighted by Crippen LogP contribution is -2.19. The Morgan fingerprint density at radius 1 is 1.16 bits per heavy atom. The first kappa shape index (κ1) is 12.8. The van der Waals surface area contributed by atoms with E-state index in [0.717, 1.165) is 29.1 Å². The molecule has 98 valence electrons. The van der Waals surface area contributed by atoms with Crippen LogP contribution in [0.15, 0.2) is 30.5 Å². The number of rotatable bonds is 2. The molecule has 1 N–H and O–H groups in total. The lowest BCUT2D eigenvalue weighted by Gasteiger charge is -2.14. The van der Waals surface area contributed by atoms with Crippen molar-refractivity contribution >= 4 is 28.9 Å². The molecule has 19 heavy (non-hydrogen) atoms. The van der Waals surface area contributed by atoms with Gasteiger partial charge < -0.3 is 5.32 Å². The van der Waals surface area contributed by atoms with E-state index in [1.807, 2.05) is 19.1 Å². The van der Waals surface area contributed by atoms with Gasteiger partial charge in [0.2, 0.25) is 0 Å². The third kappa shape index (κ3) is 2.70. The molecule has 0 saturated carbocycles. The molecule has 1 aromatic heterocycles. The minimum atomic E-state index is 0.356. The molecule has 1 aliphatic carbocycles. The zero-order valence-electron chi connectivity index (χ0n) is 10.6. The van der Waals surface area contributed by atoms with Crippen LogP contribution in [0, 0.1) is 6.92 Å². The molecule has 1 aromatic carbocycles. The van der Waals surface area contributed by atoms with Crippen molar-refractivity contribution in [2.75, 3.05) is 5.32 Å². The highest BCUT2D eigenvalue weighted by Gasteiger charge is 2.22. The van der Waals surface area contributed by atoms with Crippen LogP contribution >= 0.6 is 23.2 Å². The Hall–Kier alpha value is -1.25. The summed E-state index contributed by atoms with van der Waals surface area (Å²) in [6, 6.07) is 8.49. The van der Waals surface area contributed by atoms with Crippen LogP contribution in [-0.4, -0.2) is 11.0 Å². The van der Waals surface area contributed by atoms with Crippen molar-refractivity contribution in [3.63, 3.8) is 0 Å². The van der Waals surface area contributed by atoms with E-state index in [4.69, 9.17) is 23.2 Å². The Morgan fingerprint density at radius 3 is 2.79 bits per heavy atom. The van der Waals surface area contributed by atoms with Crippen LogP contribution in [0.4, 0.5) is 5.69 Å². The fourth-order valence-corrected chi connectivity index (χ4v) is 2.92. The van der Waals surface area contributed by atoms with Crippen molar-refractivity contribution in [1.82, 2.24) is 4.98 Å². The van der Waals surface area contributed by atoms with E-state index in [1.165, 1.54) is 11.1 Å². The van der Waals surface area contributed by atoms with Gasteiger partial charge in [0.1, 0.15) is 0 Å². The van der Waals surface area contributed by atoms with Crippen molar-refractivity contribution in [2.24, 2.45) is 0 Å². The van der Waals surface area contributed by atoms with Gasteiger partial charge in [0.05, 0.1) is 5.69 Å². The number of benzene rings is 1. The molecule has 1 unspecified atom stereocenters. The minimum Gasteiger partial charge on any atom is -0.379 e. The third-order valence-electron chi connectivity index (χ3n) is 3.44. The SMILES string of the molecule is Cc1cnc(Cl)c(NC2Cc3ccc(Cl)cc3C2)c1.